The number of rotatable bonds is 3. The van der Waals surface area contributed by atoms with Gasteiger partial charge in [0.25, 0.3) is 0 Å². The fraction of sp³-hybridized carbons (Fsp3) is 0.846. The Morgan fingerprint density at radius 1 is 1.21 bits per heavy atom. The van der Waals surface area contributed by atoms with Crippen molar-refractivity contribution in [3.05, 3.63) is 0 Å². The molecule has 2 aliphatic rings. The van der Waals surface area contributed by atoms with Crippen LogP contribution in [-0.4, -0.2) is 74.0 Å². The number of nitrogens with zero attached hydrogens (tertiary/aromatic N) is 2. The predicted octanol–water partition coefficient (Wildman–Crippen LogP) is -0.981. The molecular weight excluding hydrogens is 244 g/mol. The largest absolute Gasteiger partial charge is 0.358 e. The molecule has 0 aromatic rings. The summed E-state index contributed by atoms with van der Waals surface area (Å²) in [4.78, 5) is 28.0. The first-order valence-corrected chi connectivity index (χ1v) is 7.16. The van der Waals surface area contributed by atoms with Crippen LogP contribution in [-0.2, 0) is 9.59 Å². The highest BCUT2D eigenvalue weighted by Crippen LogP contribution is 2.11. The summed E-state index contributed by atoms with van der Waals surface area (Å²) >= 11 is 0. The van der Waals surface area contributed by atoms with E-state index in [0.717, 1.165) is 39.0 Å². The van der Waals surface area contributed by atoms with Gasteiger partial charge in [-0.25, -0.2) is 0 Å². The predicted molar refractivity (Wildman–Crippen MR) is 72.7 cm³/mol. The van der Waals surface area contributed by atoms with Crippen LogP contribution in [0.15, 0.2) is 0 Å². The first-order valence-electron chi connectivity index (χ1n) is 7.16. The van der Waals surface area contributed by atoms with Crippen molar-refractivity contribution in [1.29, 1.82) is 0 Å². The molecule has 0 spiro atoms. The summed E-state index contributed by atoms with van der Waals surface area (Å²) in [5.74, 6) is 0.147. The van der Waals surface area contributed by atoms with Crippen molar-refractivity contribution in [2.24, 2.45) is 0 Å². The maximum absolute atomic E-state index is 12.3. The van der Waals surface area contributed by atoms with Crippen LogP contribution in [0.5, 0.6) is 0 Å². The fourth-order valence-electron chi connectivity index (χ4n) is 2.78. The van der Waals surface area contributed by atoms with Gasteiger partial charge in [0.1, 0.15) is 6.04 Å². The third-order valence-electron chi connectivity index (χ3n) is 3.95. The van der Waals surface area contributed by atoms with E-state index >= 15 is 0 Å². The summed E-state index contributed by atoms with van der Waals surface area (Å²) in [6.07, 6.45) is 3.43. The second-order valence-corrected chi connectivity index (χ2v) is 5.25. The van der Waals surface area contributed by atoms with Gasteiger partial charge in [-0.1, -0.05) is 0 Å². The highest BCUT2D eigenvalue weighted by molar-refractivity contribution is 5.84. The van der Waals surface area contributed by atoms with Crippen molar-refractivity contribution >= 4 is 11.8 Å². The minimum absolute atomic E-state index is 0.0151. The lowest BCUT2D eigenvalue weighted by molar-refractivity contribution is -0.136. The van der Waals surface area contributed by atoms with E-state index < -0.39 is 0 Å². The number of nitrogens with one attached hydrogen (secondary N) is 2. The second-order valence-electron chi connectivity index (χ2n) is 5.25. The molecule has 1 atom stereocenters. The summed E-state index contributed by atoms with van der Waals surface area (Å²) in [6.45, 7) is 4.30. The highest BCUT2D eigenvalue weighted by atomic mass is 16.2. The monoisotopic (exact) mass is 268 g/mol. The molecule has 6 heteroatoms. The summed E-state index contributed by atoms with van der Waals surface area (Å²) in [5, 5.41) is 5.88. The Balaban J connectivity index is 1.91. The molecule has 6 nitrogen and oxygen atoms in total. The quantitative estimate of drug-likeness (QED) is 0.690. The van der Waals surface area contributed by atoms with Crippen LogP contribution in [0.1, 0.15) is 19.3 Å². The van der Waals surface area contributed by atoms with Crippen LogP contribution in [0.3, 0.4) is 0 Å². The molecule has 2 rings (SSSR count). The van der Waals surface area contributed by atoms with Crippen LogP contribution in [0.4, 0.5) is 0 Å². The molecule has 2 amide bonds. The average Bonchev–Trinajstić information content (AvgIpc) is 2.48. The van der Waals surface area contributed by atoms with Crippen LogP contribution >= 0.6 is 0 Å². The van der Waals surface area contributed by atoms with Gasteiger partial charge in [0.15, 0.2) is 0 Å². The number of piperazine rings is 1. The minimum Gasteiger partial charge on any atom is -0.358 e. The van der Waals surface area contributed by atoms with Crippen molar-refractivity contribution in [1.82, 2.24) is 20.4 Å². The Morgan fingerprint density at radius 2 is 1.95 bits per heavy atom. The molecule has 0 saturated carbocycles. The maximum Gasteiger partial charge on any atom is 0.238 e. The van der Waals surface area contributed by atoms with Gasteiger partial charge in [-0.2, -0.15) is 0 Å². The zero-order chi connectivity index (χ0) is 13.7. The SMILES string of the molecule is CNC(=O)C1CNCCN1CC(=O)N1CCCCC1. The van der Waals surface area contributed by atoms with Gasteiger partial charge in [0.2, 0.25) is 11.8 Å². The summed E-state index contributed by atoms with van der Waals surface area (Å²) in [5.41, 5.74) is 0. The van der Waals surface area contributed by atoms with Crippen molar-refractivity contribution in [3.8, 4) is 0 Å². The highest BCUT2D eigenvalue weighted by Gasteiger charge is 2.30. The number of piperidine rings is 1. The standard InChI is InChI=1S/C13H24N4O2/c1-14-13(19)11-9-15-5-8-17(11)10-12(18)16-6-3-2-4-7-16/h11,15H,2-10H2,1H3,(H,14,19). The summed E-state index contributed by atoms with van der Waals surface area (Å²) < 4.78 is 0. The summed E-state index contributed by atoms with van der Waals surface area (Å²) in [7, 11) is 1.64. The Hall–Kier alpha value is -1.14. The molecule has 0 aromatic heterocycles. The zero-order valence-corrected chi connectivity index (χ0v) is 11.7. The molecule has 19 heavy (non-hydrogen) atoms. The van der Waals surface area contributed by atoms with E-state index in [0.29, 0.717) is 13.1 Å². The number of amides is 2. The number of hydrogen-bond donors (Lipinski definition) is 2. The van der Waals surface area contributed by atoms with E-state index in [1.54, 1.807) is 7.05 Å². The Kier molecular flexibility index (Phi) is 5.15. The van der Waals surface area contributed by atoms with Crippen LogP contribution < -0.4 is 10.6 Å². The molecule has 2 saturated heterocycles. The van der Waals surface area contributed by atoms with Gasteiger partial charge >= 0.3 is 0 Å². The zero-order valence-electron chi connectivity index (χ0n) is 11.7. The van der Waals surface area contributed by atoms with E-state index in [-0.39, 0.29) is 17.9 Å². The molecule has 2 N–H and O–H groups in total. The Morgan fingerprint density at radius 3 is 2.63 bits per heavy atom. The molecule has 2 aliphatic heterocycles. The van der Waals surface area contributed by atoms with Gasteiger partial charge in [0.05, 0.1) is 6.54 Å². The number of carbonyl (C=O) groups is 2. The lowest BCUT2D eigenvalue weighted by Crippen LogP contribution is -2.59. The Bertz CT molecular complexity index is 329. The first kappa shape index (κ1) is 14.3. The van der Waals surface area contributed by atoms with E-state index in [4.69, 9.17) is 0 Å². The van der Waals surface area contributed by atoms with Crippen LogP contribution in [0.2, 0.25) is 0 Å². The van der Waals surface area contributed by atoms with Crippen molar-refractivity contribution in [2.75, 3.05) is 46.3 Å². The fourth-order valence-corrected chi connectivity index (χ4v) is 2.78. The van der Waals surface area contributed by atoms with Gasteiger partial charge in [0, 0.05) is 39.8 Å². The molecule has 0 radical (unpaired) electrons. The normalized spacial score (nSPS) is 25.1. The summed E-state index contributed by atoms with van der Waals surface area (Å²) in [6, 6.07) is -0.229. The third kappa shape index (κ3) is 3.67. The number of likely N-dealkylation sites (N-methyl/N-ethyl adjacent to an activating group) is 1. The third-order valence-corrected chi connectivity index (χ3v) is 3.95. The lowest BCUT2D eigenvalue weighted by atomic mass is 10.1. The van der Waals surface area contributed by atoms with Crippen molar-refractivity contribution in [3.63, 3.8) is 0 Å². The molecule has 1 unspecified atom stereocenters. The number of carbonyl (C=O) groups excluding carboxylic acids is 2. The smallest absolute Gasteiger partial charge is 0.238 e. The topological polar surface area (TPSA) is 64.7 Å². The van der Waals surface area contributed by atoms with E-state index in [2.05, 4.69) is 10.6 Å². The van der Waals surface area contributed by atoms with Gasteiger partial charge in [-0.3, -0.25) is 14.5 Å². The van der Waals surface area contributed by atoms with Crippen molar-refractivity contribution in [2.45, 2.75) is 25.3 Å². The maximum atomic E-state index is 12.3. The molecule has 2 fully saturated rings. The van der Waals surface area contributed by atoms with Crippen LogP contribution in [0, 0.1) is 0 Å². The lowest BCUT2D eigenvalue weighted by Gasteiger charge is -2.36. The minimum atomic E-state index is -0.229. The van der Waals surface area contributed by atoms with Crippen LogP contribution in [0.25, 0.3) is 0 Å². The molecule has 0 bridgehead atoms. The van der Waals surface area contributed by atoms with Gasteiger partial charge in [-0.15, -0.1) is 0 Å². The molecule has 0 aliphatic carbocycles. The van der Waals surface area contributed by atoms with E-state index in [1.807, 2.05) is 9.80 Å². The molecule has 108 valence electrons. The van der Waals surface area contributed by atoms with E-state index in [9.17, 15) is 9.59 Å². The average molecular weight is 268 g/mol. The molecule has 2 heterocycles. The van der Waals surface area contributed by atoms with Crippen molar-refractivity contribution < 1.29 is 9.59 Å². The van der Waals surface area contributed by atoms with E-state index in [1.165, 1.54) is 6.42 Å². The number of likely N-dealkylation sites (tertiary alicyclic amines) is 1. The second kappa shape index (κ2) is 6.86. The Labute approximate surface area is 114 Å². The molecular formula is C13H24N4O2. The van der Waals surface area contributed by atoms with Gasteiger partial charge in [-0.05, 0) is 19.3 Å². The van der Waals surface area contributed by atoms with Gasteiger partial charge < -0.3 is 15.5 Å². The number of hydrogen-bond acceptors (Lipinski definition) is 4. The molecule has 0 aromatic carbocycles. The first-order chi connectivity index (χ1) is 9.22.